The summed E-state index contributed by atoms with van der Waals surface area (Å²) in [5.41, 5.74) is 1.60. The van der Waals surface area contributed by atoms with Gasteiger partial charge in [-0.3, -0.25) is 0 Å². The Morgan fingerprint density at radius 3 is 1.73 bits per heavy atom. The normalized spacial score (nSPS) is 15.5. The van der Waals surface area contributed by atoms with E-state index in [4.69, 9.17) is 0 Å². The van der Waals surface area contributed by atoms with Gasteiger partial charge in [0, 0.05) is 22.3 Å². The maximum absolute atomic E-state index is 10.6. The lowest BCUT2D eigenvalue weighted by molar-refractivity contribution is 0.433. The van der Waals surface area contributed by atoms with Crippen molar-refractivity contribution in [2.24, 2.45) is 9.98 Å². The molecule has 9 heteroatoms. The molecule has 0 fully saturated rings. The molecule has 33 heavy (non-hydrogen) atoms. The van der Waals surface area contributed by atoms with Gasteiger partial charge in [-0.25, -0.2) is 9.98 Å². The summed E-state index contributed by atoms with van der Waals surface area (Å²) in [4.78, 5) is 9.01. The maximum atomic E-state index is 10.6. The van der Waals surface area contributed by atoms with Crippen molar-refractivity contribution >= 4 is 11.7 Å². The summed E-state index contributed by atoms with van der Waals surface area (Å²) in [6.07, 6.45) is -0.895. The Bertz CT molecular complexity index is 1350. The Morgan fingerprint density at radius 2 is 1.12 bits per heavy atom. The lowest BCUT2D eigenvalue weighted by atomic mass is 10.0. The Labute approximate surface area is 189 Å². The highest BCUT2D eigenvalue weighted by atomic mass is 16.3. The van der Waals surface area contributed by atoms with E-state index in [9.17, 15) is 30.6 Å². The minimum atomic E-state index is -0.895. The van der Waals surface area contributed by atoms with E-state index in [1.807, 2.05) is 0 Å². The van der Waals surface area contributed by atoms with E-state index in [2.05, 4.69) is 15.3 Å². The highest BCUT2D eigenvalue weighted by Gasteiger charge is 2.27. The van der Waals surface area contributed by atoms with Crippen LogP contribution < -0.4 is 5.32 Å². The van der Waals surface area contributed by atoms with E-state index < -0.39 is 6.17 Å². The van der Waals surface area contributed by atoms with Gasteiger partial charge < -0.3 is 36.0 Å². The fourth-order valence-electron chi connectivity index (χ4n) is 3.55. The molecule has 0 bridgehead atoms. The molecular weight excluding hydrogens is 426 g/mol. The van der Waals surface area contributed by atoms with Crippen molar-refractivity contribution in [2.75, 3.05) is 0 Å². The molecule has 3 aromatic rings. The van der Waals surface area contributed by atoms with E-state index in [0.717, 1.165) is 0 Å². The molecule has 4 rings (SSSR count). The van der Waals surface area contributed by atoms with Gasteiger partial charge in [-0.2, -0.15) is 0 Å². The Morgan fingerprint density at radius 1 is 0.636 bits per heavy atom. The number of aromatic hydroxyl groups is 6. The first-order chi connectivity index (χ1) is 15.6. The van der Waals surface area contributed by atoms with Crippen molar-refractivity contribution in [3.05, 3.63) is 69.8 Å². The zero-order valence-corrected chi connectivity index (χ0v) is 18.1. The molecule has 1 unspecified atom stereocenters. The monoisotopic (exact) mass is 449 g/mol. The minimum Gasteiger partial charge on any atom is -0.508 e. The number of aliphatic imine (C=N–C) groups is 2. The molecule has 1 atom stereocenters. The van der Waals surface area contributed by atoms with E-state index in [0.29, 0.717) is 5.56 Å². The summed E-state index contributed by atoms with van der Waals surface area (Å²) in [5, 5.41) is 64.7. The summed E-state index contributed by atoms with van der Waals surface area (Å²) >= 11 is 0. The van der Waals surface area contributed by atoms with Crippen LogP contribution in [-0.2, 0) is 0 Å². The molecule has 1 aliphatic heterocycles. The van der Waals surface area contributed by atoms with Gasteiger partial charge in [-0.15, -0.1) is 0 Å². The summed E-state index contributed by atoms with van der Waals surface area (Å²) < 4.78 is 0. The van der Waals surface area contributed by atoms with E-state index in [1.54, 1.807) is 20.8 Å². The number of benzene rings is 3. The Balaban J connectivity index is 1.93. The van der Waals surface area contributed by atoms with Gasteiger partial charge >= 0.3 is 0 Å². The van der Waals surface area contributed by atoms with Crippen molar-refractivity contribution < 1.29 is 30.6 Å². The molecule has 0 aliphatic carbocycles. The first-order valence-corrected chi connectivity index (χ1v) is 10.1. The van der Waals surface area contributed by atoms with Gasteiger partial charge in [-0.05, 0) is 57.2 Å². The summed E-state index contributed by atoms with van der Waals surface area (Å²) in [5.74, 6) is -0.571. The van der Waals surface area contributed by atoms with Gasteiger partial charge in [0.1, 0.15) is 40.3 Å². The third-order valence-electron chi connectivity index (χ3n) is 5.77. The predicted octanol–water partition coefficient (Wildman–Crippen LogP) is 3.34. The molecule has 1 aliphatic rings. The van der Waals surface area contributed by atoms with Gasteiger partial charge in [0.15, 0.2) is 12.0 Å². The van der Waals surface area contributed by atoms with Crippen molar-refractivity contribution in [2.45, 2.75) is 26.9 Å². The first kappa shape index (κ1) is 21.8. The quantitative estimate of drug-likeness (QED) is 0.323. The molecule has 0 saturated heterocycles. The molecule has 3 aromatic carbocycles. The minimum absolute atomic E-state index is 0.0799. The van der Waals surface area contributed by atoms with Crippen LogP contribution in [0.3, 0.4) is 0 Å². The first-order valence-electron chi connectivity index (χ1n) is 10.1. The van der Waals surface area contributed by atoms with Crippen LogP contribution in [0.4, 0.5) is 0 Å². The number of rotatable bonds is 3. The van der Waals surface area contributed by atoms with Gasteiger partial charge in [0.25, 0.3) is 0 Å². The molecular formula is C24H23N3O6. The van der Waals surface area contributed by atoms with E-state index in [1.165, 1.54) is 36.4 Å². The zero-order chi connectivity index (χ0) is 24.0. The summed E-state index contributed by atoms with van der Waals surface area (Å²) in [6, 6.07) is 8.69. The average Bonchev–Trinajstić information content (AvgIpc) is 2.79. The van der Waals surface area contributed by atoms with Gasteiger partial charge in [0.05, 0.1) is 11.1 Å². The molecule has 0 saturated carbocycles. The molecule has 0 spiro atoms. The number of hydrogen-bond acceptors (Lipinski definition) is 9. The Kier molecular flexibility index (Phi) is 5.25. The molecule has 1 heterocycles. The van der Waals surface area contributed by atoms with Crippen LogP contribution in [0, 0.1) is 20.8 Å². The molecule has 7 N–H and O–H groups in total. The van der Waals surface area contributed by atoms with Gasteiger partial charge in [-0.1, -0.05) is 0 Å². The molecule has 170 valence electrons. The van der Waals surface area contributed by atoms with E-state index in [-0.39, 0.29) is 74.0 Å². The van der Waals surface area contributed by atoms with Crippen LogP contribution in [0.1, 0.15) is 39.5 Å². The number of nitrogens with zero attached hydrogens (tertiary/aromatic N) is 2. The van der Waals surface area contributed by atoms with Gasteiger partial charge in [0.2, 0.25) is 0 Å². The summed E-state index contributed by atoms with van der Waals surface area (Å²) in [6.45, 7) is 4.65. The van der Waals surface area contributed by atoms with E-state index >= 15 is 0 Å². The lowest BCUT2D eigenvalue weighted by Crippen LogP contribution is -2.33. The topological polar surface area (TPSA) is 158 Å². The molecule has 0 radical (unpaired) electrons. The summed E-state index contributed by atoms with van der Waals surface area (Å²) in [7, 11) is 0. The highest BCUT2D eigenvalue weighted by Crippen LogP contribution is 2.38. The molecule has 0 aromatic heterocycles. The largest absolute Gasteiger partial charge is 0.508 e. The third kappa shape index (κ3) is 3.63. The fraction of sp³-hybridized carbons (Fsp3) is 0.167. The fourth-order valence-corrected chi connectivity index (χ4v) is 3.55. The number of amidine groups is 2. The smallest absolute Gasteiger partial charge is 0.163 e. The highest BCUT2D eigenvalue weighted by molar-refractivity contribution is 6.15. The number of phenolic OH excluding ortho intramolecular Hbond substituents is 6. The maximum Gasteiger partial charge on any atom is 0.163 e. The second-order valence-electron chi connectivity index (χ2n) is 7.82. The van der Waals surface area contributed by atoms with Crippen molar-refractivity contribution in [3.63, 3.8) is 0 Å². The third-order valence-corrected chi connectivity index (χ3v) is 5.77. The predicted molar refractivity (Wildman–Crippen MR) is 122 cm³/mol. The second-order valence-corrected chi connectivity index (χ2v) is 7.82. The molecule has 9 nitrogen and oxygen atoms in total. The Hall–Kier alpha value is -4.40. The number of nitrogens with one attached hydrogen (secondary N) is 1. The number of hydrogen-bond donors (Lipinski definition) is 7. The van der Waals surface area contributed by atoms with Crippen LogP contribution in [0.25, 0.3) is 0 Å². The van der Waals surface area contributed by atoms with Crippen molar-refractivity contribution in [3.8, 4) is 34.5 Å². The van der Waals surface area contributed by atoms with Crippen LogP contribution >= 0.6 is 0 Å². The van der Waals surface area contributed by atoms with Crippen molar-refractivity contribution in [1.82, 2.24) is 5.32 Å². The average molecular weight is 449 g/mol. The molecule has 0 amide bonds. The lowest BCUT2D eigenvalue weighted by Gasteiger charge is -2.25. The van der Waals surface area contributed by atoms with Crippen molar-refractivity contribution in [1.29, 1.82) is 0 Å². The van der Waals surface area contributed by atoms with Crippen LogP contribution in [-0.4, -0.2) is 42.3 Å². The van der Waals surface area contributed by atoms with Crippen LogP contribution in [0.2, 0.25) is 0 Å². The van der Waals surface area contributed by atoms with Crippen LogP contribution in [0.15, 0.2) is 46.4 Å². The SMILES string of the molecule is Cc1c(O)ccc(C2=NC(c3ccc(O)c(C)c3O)NC(c3ccc(O)c(C)c3O)=N2)c1O. The standard InChI is InChI=1S/C24H23N3O6/c1-10-16(28)7-4-13(19(10)31)22-25-23(14-5-8-17(29)11(2)20(14)32)27-24(26-22)15-6-9-18(30)12(3)21(15)33/h4-9,22,28-33H,1-3H3,(H,25,26,27). The second kappa shape index (κ2) is 7.94. The number of phenols is 6. The zero-order valence-electron chi connectivity index (χ0n) is 18.1. The van der Waals surface area contributed by atoms with Crippen LogP contribution in [0.5, 0.6) is 34.5 Å².